The van der Waals surface area contributed by atoms with Crippen molar-refractivity contribution in [3.05, 3.63) is 63.4 Å². The first-order valence-corrected chi connectivity index (χ1v) is 10.1. The Balaban J connectivity index is 1.98. The molecule has 0 amide bonds. The van der Waals surface area contributed by atoms with Crippen molar-refractivity contribution in [3.63, 3.8) is 0 Å². The minimum absolute atomic E-state index is 0.0385. The van der Waals surface area contributed by atoms with Gasteiger partial charge in [-0.15, -0.1) is 0 Å². The summed E-state index contributed by atoms with van der Waals surface area (Å²) in [4.78, 5) is 30.4. The van der Waals surface area contributed by atoms with Crippen LogP contribution in [0.3, 0.4) is 0 Å². The number of benzene rings is 2. The van der Waals surface area contributed by atoms with Crippen molar-refractivity contribution in [1.82, 2.24) is 9.55 Å². The van der Waals surface area contributed by atoms with Gasteiger partial charge in [-0.3, -0.25) is 14.2 Å². The zero-order chi connectivity index (χ0) is 20.4. The molecule has 0 unspecified atom stereocenters. The highest BCUT2D eigenvalue weighted by molar-refractivity contribution is 8.00. The van der Waals surface area contributed by atoms with Crippen LogP contribution in [0.4, 0.5) is 0 Å². The maximum absolute atomic E-state index is 13.0. The van der Waals surface area contributed by atoms with E-state index < -0.39 is 5.25 Å². The van der Waals surface area contributed by atoms with Gasteiger partial charge in [0.15, 0.2) is 10.9 Å². The van der Waals surface area contributed by atoms with Gasteiger partial charge in [-0.25, -0.2) is 4.98 Å². The van der Waals surface area contributed by atoms with Gasteiger partial charge < -0.3 is 4.74 Å². The third kappa shape index (κ3) is 4.08. The van der Waals surface area contributed by atoms with Gasteiger partial charge in [-0.1, -0.05) is 23.4 Å². The maximum atomic E-state index is 13.0. The molecule has 0 saturated carbocycles. The van der Waals surface area contributed by atoms with Gasteiger partial charge in [0.25, 0.3) is 5.56 Å². The fraction of sp³-hybridized carbons (Fsp3) is 0.286. The number of halogens is 1. The monoisotopic (exact) mass is 416 g/mol. The smallest absolute Gasteiger partial charge is 0.262 e. The van der Waals surface area contributed by atoms with E-state index in [1.165, 1.54) is 11.8 Å². The third-order valence-corrected chi connectivity index (χ3v) is 5.68. The van der Waals surface area contributed by atoms with E-state index in [1.807, 2.05) is 20.8 Å². The average molecular weight is 417 g/mol. The molecule has 5 nitrogen and oxygen atoms in total. The lowest BCUT2D eigenvalue weighted by Crippen LogP contribution is -2.26. The molecule has 1 atom stereocenters. The zero-order valence-electron chi connectivity index (χ0n) is 16.1. The van der Waals surface area contributed by atoms with Crippen molar-refractivity contribution >= 4 is 40.0 Å². The minimum Gasteiger partial charge on any atom is -0.497 e. The lowest BCUT2D eigenvalue weighted by atomic mass is 10.1. The van der Waals surface area contributed by atoms with Crippen LogP contribution in [0.2, 0.25) is 5.02 Å². The topological polar surface area (TPSA) is 61.2 Å². The summed E-state index contributed by atoms with van der Waals surface area (Å²) >= 11 is 7.34. The summed E-state index contributed by atoms with van der Waals surface area (Å²) in [6.07, 6.45) is 0. The molecular weight excluding hydrogens is 396 g/mol. The molecule has 3 rings (SSSR count). The number of ether oxygens (including phenoxy) is 1. The maximum Gasteiger partial charge on any atom is 0.262 e. The molecule has 0 radical (unpaired) electrons. The standard InChI is InChI=1S/C21H21ClN2O3S/c1-12(2)24-20(26)17-10-7-15(22)11-18(17)23-21(24)28-13(3)19(25)14-5-8-16(27-4)9-6-14/h5-13H,1-4H3/t13-/m1/s1. The van der Waals surface area contributed by atoms with E-state index in [4.69, 9.17) is 16.3 Å². The first-order valence-electron chi connectivity index (χ1n) is 8.88. The van der Waals surface area contributed by atoms with Crippen molar-refractivity contribution in [2.24, 2.45) is 0 Å². The lowest BCUT2D eigenvalue weighted by Gasteiger charge is -2.18. The molecule has 28 heavy (non-hydrogen) atoms. The van der Waals surface area contributed by atoms with E-state index in [9.17, 15) is 9.59 Å². The Labute approximate surface area is 172 Å². The number of hydrogen-bond acceptors (Lipinski definition) is 5. The lowest BCUT2D eigenvalue weighted by molar-refractivity contribution is 0.0993. The number of methoxy groups -OCH3 is 1. The molecule has 2 aromatic carbocycles. The summed E-state index contributed by atoms with van der Waals surface area (Å²) in [5.41, 5.74) is 0.979. The Morgan fingerprint density at radius 1 is 1.14 bits per heavy atom. The highest BCUT2D eigenvalue weighted by Crippen LogP contribution is 2.28. The first kappa shape index (κ1) is 20.4. The molecule has 0 saturated heterocycles. The first-order chi connectivity index (χ1) is 13.3. The molecule has 0 bridgehead atoms. The number of rotatable bonds is 6. The molecule has 0 fully saturated rings. The normalized spacial score (nSPS) is 12.4. The van der Waals surface area contributed by atoms with Crippen molar-refractivity contribution in [2.45, 2.75) is 37.2 Å². The predicted molar refractivity (Wildman–Crippen MR) is 114 cm³/mol. The highest BCUT2D eigenvalue weighted by Gasteiger charge is 2.21. The van der Waals surface area contributed by atoms with Crippen LogP contribution in [-0.4, -0.2) is 27.7 Å². The third-order valence-electron chi connectivity index (χ3n) is 4.37. The van der Waals surface area contributed by atoms with Crippen LogP contribution in [0.5, 0.6) is 5.75 Å². The summed E-state index contributed by atoms with van der Waals surface area (Å²) in [6.45, 7) is 5.66. The van der Waals surface area contributed by atoms with Gasteiger partial charge in [0.2, 0.25) is 0 Å². The fourth-order valence-electron chi connectivity index (χ4n) is 2.89. The largest absolute Gasteiger partial charge is 0.497 e. The summed E-state index contributed by atoms with van der Waals surface area (Å²) < 4.78 is 6.76. The predicted octanol–water partition coefficient (Wildman–Crippen LogP) is 5.00. The zero-order valence-corrected chi connectivity index (χ0v) is 17.7. The van der Waals surface area contributed by atoms with Gasteiger partial charge in [-0.05, 0) is 63.2 Å². The minimum atomic E-state index is -0.415. The second-order valence-electron chi connectivity index (χ2n) is 6.68. The summed E-state index contributed by atoms with van der Waals surface area (Å²) in [5.74, 6) is 0.655. The summed E-state index contributed by atoms with van der Waals surface area (Å²) in [5, 5.41) is 1.11. The van der Waals surface area contributed by atoms with Crippen LogP contribution >= 0.6 is 23.4 Å². The van der Waals surface area contributed by atoms with Gasteiger partial charge in [0, 0.05) is 16.6 Å². The van der Waals surface area contributed by atoms with Crippen LogP contribution in [0, 0.1) is 0 Å². The second-order valence-corrected chi connectivity index (χ2v) is 8.42. The number of hydrogen-bond donors (Lipinski definition) is 0. The van der Waals surface area contributed by atoms with Crippen LogP contribution in [0.15, 0.2) is 52.4 Å². The number of fused-ring (bicyclic) bond motifs is 1. The Bertz CT molecular complexity index is 1080. The van der Waals surface area contributed by atoms with E-state index >= 15 is 0 Å². The van der Waals surface area contributed by atoms with E-state index in [2.05, 4.69) is 4.98 Å². The van der Waals surface area contributed by atoms with Gasteiger partial charge in [-0.2, -0.15) is 0 Å². The SMILES string of the molecule is COc1ccc(C(=O)[C@@H](C)Sc2nc3cc(Cl)ccc3c(=O)n2C(C)C)cc1. The van der Waals surface area contributed by atoms with Crippen LogP contribution in [0.25, 0.3) is 10.9 Å². The molecular formula is C21H21ClN2O3S. The quantitative estimate of drug-likeness (QED) is 0.321. The Hall–Kier alpha value is -2.31. The molecule has 146 valence electrons. The Kier molecular flexibility index (Phi) is 6.10. The van der Waals surface area contributed by atoms with Crippen molar-refractivity contribution < 1.29 is 9.53 Å². The second kappa shape index (κ2) is 8.37. The number of carbonyl (C=O) groups is 1. The van der Waals surface area contributed by atoms with E-state index in [1.54, 1.807) is 54.1 Å². The summed E-state index contributed by atoms with van der Waals surface area (Å²) in [6, 6.07) is 11.9. The van der Waals surface area contributed by atoms with Crippen molar-refractivity contribution in [2.75, 3.05) is 7.11 Å². The Morgan fingerprint density at radius 2 is 1.82 bits per heavy atom. The molecule has 0 N–H and O–H groups in total. The highest BCUT2D eigenvalue weighted by atomic mass is 35.5. The Morgan fingerprint density at radius 3 is 2.43 bits per heavy atom. The molecule has 0 aliphatic rings. The molecule has 7 heteroatoms. The molecule has 1 heterocycles. The number of thioether (sulfide) groups is 1. The van der Waals surface area contributed by atoms with Gasteiger partial charge in [0.1, 0.15) is 5.75 Å². The van der Waals surface area contributed by atoms with E-state index in [0.29, 0.717) is 32.4 Å². The molecule has 1 aromatic heterocycles. The number of carbonyl (C=O) groups excluding carboxylic acids is 1. The summed E-state index contributed by atoms with van der Waals surface area (Å²) in [7, 11) is 1.58. The average Bonchev–Trinajstić information content (AvgIpc) is 2.66. The number of aromatic nitrogens is 2. The molecule has 3 aromatic rings. The van der Waals surface area contributed by atoms with Crippen molar-refractivity contribution in [1.29, 1.82) is 0 Å². The van der Waals surface area contributed by atoms with Crippen LogP contribution in [-0.2, 0) is 0 Å². The fourth-order valence-corrected chi connectivity index (χ4v) is 4.18. The molecule has 0 aliphatic carbocycles. The number of Topliss-reactive ketones (excluding diaryl/α,β-unsaturated/α-hetero) is 1. The van der Waals surface area contributed by atoms with E-state index in [0.717, 1.165) is 0 Å². The van der Waals surface area contributed by atoms with Crippen LogP contribution < -0.4 is 10.3 Å². The number of nitrogens with zero attached hydrogens (tertiary/aromatic N) is 2. The molecule has 0 aliphatic heterocycles. The van der Waals surface area contributed by atoms with Crippen molar-refractivity contribution in [3.8, 4) is 5.75 Å². The molecule has 0 spiro atoms. The van der Waals surface area contributed by atoms with Gasteiger partial charge in [0.05, 0.1) is 23.3 Å². The number of ketones is 1. The van der Waals surface area contributed by atoms with Crippen LogP contribution in [0.1, 0.15) is 37.2 Å². The van der Waals surface area contributed by atoms with Gasteiger partial charge >= 0.3 is 0 Å². The van der Waals surface area contributed by atoms with E-state index in [-0.39, 0.29) is 17.4 Å².